The first-order valence-corrected chi connectivity index (χ1v) is 7.93. The Balaban J connectivity index is 2.20. The molecular weight excluding hydrogens is 256 g/mol. The summed E-state index contributed by atoms with van der Waals surface area (Å²) in [4.78, 5) is 24.5. The standard InChI is InChI=1S/C16H26O4/c1-4-19-15(17)13-12(10(2)3)16(18)20-14(13)11-8-6-5-7-9-11/h10-14H,4-9H2,1-3H3/t12-,13-,14-/m1/s1. The van der Waals surface area contributed by atoms with Crippen molar-refractivity contribution in [1.82, 2.24) is 0 Å². The van der Waals surface area contributed by atoms with Crippen LogP contribution in [0.4, 0.5) is 0 Å². The minimum Gasteiger partial charge on any atom is -0.466 e. The molecule has 20 heavy (non-hydrogen) atoms. The second-order valence-corrected chi connectivity index (χ2v) is 6.35. The molecule has 0 unspecified atom stereocenters. The van der Waals surface area contributed by atoms with Crippen LogP contribution >= 0.6 is 0 Å². The number of carbonyl (C=O) groups is 2. The lowest BCUT2D eigenvalue weighted by Crippen LogP contribution is -2.37. The predicted molar refractivity (Wildman–Crippen MR) is 74.9 cm³/mol. The maximum Gasteiger partial charge on any atom is 0.313 e. The monoisotopic (exact) mass is 282 g/mol. The van der Waals surface area contributed by atoms with Crippen LogP contribution in [0, 0.1) is 23.7 Å². The number of ether oxygens (including phenoxy) is 2. The average molecular weight is 282 g/mol. The van der Waals surface area contributed by atoms with Crippen LogP contribution in [-0.4, -0.2) is 24.6 Å². The molecule has 0 N–H and O–H groups in total. The van der Waals surface area contributed by atoms with Gasteiger partial charge in [0, 0.05) is 0 Å². The molecule has 0 radical (unpaired) electrons. The summed E-state index contributed by atoms with van der Waals surface area (Å²) in [6, 6.07) is 0. The molecule has 1 aliphatic heterocycles. The third-order valence-electron chi connectivity index (χ3n) is 4.66. The smallest absolute Gasteiger partial charge is 0.313 e. The molecule has 1 saturated carbocycles. The van der Waals surface area contributed by atoms with Crippen LogP contribution in [0.25, 0.3) is 0 Å². The van der Waals surface area contributed by atoms with E-state index in [0.29, 0.717) is 12.5 Å². The van der Waals surface area contributed by atoms with E-state index in [-0.39, 0.29) is 29.9 Å². The van der Waals surface area contributed by atoms with Crippen molar-refractivity contribution in [2.75, 3.05) is 6.61 Å². The van der Waals surface area contributed by atoms with Gasteiger partial charge in [-0.15, -0.1) is 0 Å². The molecule has 0 aromatic rings. The van der Waals surface area contributed by atoms with E-state index in [9.17, 15) is 9.59 Å². The van der Waals surface area contributed by atoms with Gasteiger partial charge in [-0.3, -0.25) is 9.59 Å². The molecule has 4 heteroatoms. The van der Waals surface area contributed by atoms with Gasteiger partial charge in [0.05, 0.1) is 12.5 Å². The van der Waals surface area contributed by atoms with Gasteiger partial charge in [-0.2, -0.15) is 0 Å². The van der Waals surface area contributed by atoms with Crippen molar-refractivity contribution in [3.05, 3.63) is 0 Å². The Morgan fingerprint density at radius 3 is 2.50 bits per heavy atom. The van der Waals surface area contributed by atoms with Gasteiger partial charge in [-0.1, -0.05) is 33.1 Å². The second-order valence-electron chi connectivity index (χ2n) is 6.35. The lowest BCUT2D eigenvalue weighted by atomic mass is 9.75. The topological polar surface area (TPSA) is 52.6 Å². The van der Waals surface area contributed by atoms with Crippen molar-refractivity contribution >= 4 is 11.9 Å². The molecule has 1 heterocycles. The van der Waals surface area contributed by atoms with Gasteiger partial charge in [-0.05, 0) is 31.6 Å². The fraction of sp³-hybridized carbons (Fsp3) is 0.875. The third kappa shape index (κ3) is 2.99. The fourth-order valence-corrected chi connectivity index (χ4v) is 3.70. The Morgan fingerprint density at radius 2 is 1.95 bits per heavy atom. The summed E-state index contributed by atoms with van der Waals surface area (Å²) in [5.41, 5.74) is 0. The molecule has 4 nitrogen and oxygen atoms in total. The Hall–Kier alpha value is -1.06. The van der Waals surface area contributed by atoms with Gasteiger partial charge < -0.3 is 9.47 Å². The first-order chi connectivity index (χ1) is 9.56. The van der Waals surface area contributed by atoms with E-state index in [1.165, 1.54) is 19.3 Å². The molecule has 2 aliphatic rings. The first-order valence-electron chi connectivity index (χ1n) is 7.93. The predicted octanol–water partition coefficient (Wildman–Crippen LogP) is 2.94. The SMILES string of the molecule is CCOC(=O)[C@H]1[C@@H](C2CCCCC2)OC(=O)[C@@H]1C(C)C. The average Bonchev–Trinajstić information content (AvgIpc) is 2.78. The quantitative estimate of drug-likeness (QED) is 0.744. The molecule has 0 spiro atoms. The van der Waals surface area contributed by atoms with Gasteiger partial charge in [0.15, 0.2) is 0 Å². The highest BCUT2D eigenvalue weighted by atomic mass is 16.6. The zero-order valence-corrected chi connectivity index (χ0v) is 12.8. The maximum atomic E-state index is 12.3. The number of carbonyl (C=O) groups excluding carboxylic acids is 2. The molecule has 0 amide bonds. The summed E-state index contributed by atoms with van der Waals surface area (Å²) in [5, 5.41) is 0. The molecule has 2 rings (SSSR count). The van der Waals surface area contributed by atoms with Crippen LogP contribution < -0.4 is 0 Å². The Kier molecular flexibility index (Phi) is 5.06. The zero-order valence-electron chi connectivity index (χ0n) is 12.8. The van der Waals surface area contributed by atoms with Crippen LogP contribution in [0.15, 0.2) is 0 Å². The van der Waals surface area contributed by atoms with E-state index < -0.39 is 5.92 Å². The molecule has 1 saturated heterocycles. The van der Waals surface area contributed by atoms with Crippen LogP contribution in [-0.2, 0) is 19.1 Å². The Bertz CT molecular complexity index is 357. The van der Waals surface area contributed by atoms with Crippen LogP contribution in [0.2, 0.25) is 0 Å². The minimum atomic E-state index is -0.412. The molecule has 0 aromatic carbocycles. The van der Waals surface area contributed by atoms with E-state index in [4.69, 9.17) is 9.47 Å². The molecule has 0 bridgehead atoms. The normalized spacial score (nSPS) is 31.4. The third-order valence-corrected chi connectivity index (χ3v) is 4.66. The van der Waals surface area contributed by atoms with Gasteiger partial charge in [0.1, 0.15) is 12.0 Å². The molecule has 0 aromatic heterocycles. The summed E-state index contributed by atoms with van der Waals surface area (Å²) >= 11 is 0. The summed E-state index contributed by atoms with van der Waals surface area (Å²) in [6.07, 6.45) is 5.42. The summed E-state index contributed by atoms with van der Waals surface area (Å²) in [6.45, 7) is 6.10. The lowest BCUT2D eigenvalue weighted by molar-refractivity contribution is -0.153. The van der Waals surface area contributed by atoms with E-state index in [0.717, 1.165) is 12.8 Å². The van der Waals surface area contributed by atoms with Crippen molar-refractivity contribution in [1.29, 1.82) is 0 Å². The van der Waals surface area contributed by atoms with E-state index in [1.807, 2.05) is 13.8 Å². The lowest BCUT2D eigenvalue weighted by Gasteiger charge is -2.30. The van der Waals surface area contributed by atoms with Crippen molar-refractivity contribution < 1.29 is 19.1 Å². The summed E-state index contributed by atoms with van der Waals surface area (Å²) < 4.78 is 10.8. The van der Waals surface area contributed by atoms with E-state index in [2.05, 4.69) is 0 Å². The van der Waals surface area contributed by atoms with Gasteiger partial charge in [0.25, 0.3) is 0 Å². The Morgan fingerprint density at radius 1 is 1.30 bits per heavy atom. The number of hydrogen-bond donors (Lipinski definition) is 0. The van der Waals surface area contributed by atoms with Crippen molar-refractivity contribution in [2.24, 2.45) is 23.7 Å². The highest BCUT2D eigenvalue weighted by Gasteiger charge is 2.53. The van der Waals surface area contributed by atoms with Crippen molar-refractivity contribution in [3.63, 3.8) is 0 Å². The van der Waals surface area contributed by atoms with E-state index in [1.54, 1.807) is 6.92 Å². The maximum absolute atomic E-state index is 12.3. The van der Waals surface area contributed by atoms with Crippen molar-refractivity contribution in [3.8, 4) is 0 Å². The number of cyclic esters (lactones) is 1. The van der Waals surface area contributed by atoms with Crippen LogP contribution in [0.3, 0.4) is 0 Å². The van der Waals surface area contributed by atoms with Gasteiger partial charge in [0.2, 0.25) is 0 Å². The molecule has 2 fully saturated rings. The zero-order chi connectivity index (χ0) is 14.7. The number of hydrogen-bond acceptors (Lipinski definition) is 4. The van der Waals surface area contributed by atoms with Crippen LogP contribution in [0.1, 0.15) is 52.9 Å². The van der Waals surface area contributed by atoms with Gasteiger partial charge >= 0.3 is 11.9 Å². The summed E-state index contributed by atoms with van der Waals surface area (Å²) in [7, 11) is 0. The first kappa shape index (κ1) is 15.3. The second kappa shape index (κ2) is 6.59. The Labute approximate surface area is 121 Å². The number of rotatable bonds is 4. The van der Waals surface area contributed by atoms with Gasteiger partial charge in [-0.25, -0.2) is 0 Å². The largest absolute Gasteiger partial charge is 0.466 e. The highest BCUT2D eigenvalue weighted by molar-refractivity contribution is 5.86. The molecule has 114 valence electrons. The molecule has 3 atom stereocenters. The van der Waals surface area contributed by atoms with Crippen LogP contribution in [0.5, 0.6) is 0 Å². The fourth-order valence-electron chi connectivity index (χ4n) is 3.70. The molecular formula is C16H26O4. The number of esters is 2. The minimum absolute atomic E-state index is 0.102. The van der Waals surface area contributed by atoms with Crippen molar-refractivity contribution in [2.45, 2.75) is 59.0 Å². The summed E-state index contributed by atoms with van der Waals surface area (Å²) in [5.74, 6) is -0.802. The van der Waals surface area contributed by atoms with E-state index >= 15 is 0 Å². The molecule has 1 aliphatic carbocycles. The highest BCUT2D eigenvalue weighted by Crippen LogP contribution is 2.42.